The van der Waals surface area contributed by atoms with E-state index >= 15 is 0 Å². The summed E-state index contributed by atoms with van der Waals surface area (Å²) in [6.45, 7) is 23.2. The summed E-state index contributed by atoms with van der Waals surface area (Å²) in [5.74, 6) is 0. The Balaban J connectivity index is 3.95. The largest absolute Gasteiger partial charge is 0.0988 e. The topological polar surface area (TPSA) is 0 Å². The molecule has 0 saturated heterocycles. The highest BCUT2D eigenvalue weighted by Gasteiger charge is 2.01. The molecular formula is C16H22. The molecule has 0 bridgehead atoms. The van der Waals surface area contributed by atoms with Crippen LogP contribution in [0, 0.1) is 0 Å². The van der Waals surface area contributed by atoms with Gasteiger partial charge in [0.25, 0.3) is 0 Å². The van der Waals surface area contributed by atoms with Gasteiger partial charge in [-0.25, -0.2) is 0 Å². The molecule has 0 rings (SSSR count). The van der Waals surface area contributed by atoms with Gasteiger partial charge in [0.1, 0.15) is 0 Å². The van der Waals surface area contributed by atoms with Crippen molar-refractivity contribution in [1.29, 1.82) is 0 Å². The van der Waals surface area contributed by atoms with Crippen molar-refractivity contribution in [3.63, 3.8) is 0 Å². The lowest BCUT2D eigenvalue weighted by Crippen LogP contribution is -1.90. The molecular weight excluding hydrogens is 192 g/mol. The Morgan fingerprint density at radius 2 is 0.938 bits per heavy atom. The summed E-state index contributed by atoms with van der Waals surface area (Å²) in [4.78, 5) is 0. The summed E-state index contributed by atoms with van der Waals surface area (Å²) in [5.41, 5.74) is 4.29. The molecule has 0 heteroatoms. The Kier molecular flexibility index (Phi) is 6.95. The van der Waals surface area contributed by atoms with Crippen LogP contribution in [-0.4, -0.2) is 0 Å². The maximum atomic E-state index is 4.03. The van der Waals surface area contributed by atoms with Crippen molar-refractivity contribution in [1.82, 2.24) is 0 Å². The van der Waals surface area contributed by atoms with Crippen molar-refractivity contribution in [2.24, 2.45) is 0 Å². The Morgan fingerprint density at radius 1 is 0.625 bits per heavy atom. The molecule has 0 amide bonds. The summed E-state index contributed by atoms with van der Waals surface area (Å²) in [7, 11) is 0. The number of rotatable bonds is 9. The first kappa shape index (κ1) is 14.4. The minimum atomic E-state index is 0.907. The normalized spacial score (nSPS) is 9.25. The van der Waals surface area contributed by atoms with Crippen LogP contribution >= 0.6 is 0 Å². The Labute approximate surface area is 100 Å². The van der Waals surface area contributed by atoms with E-state index in [1.54, 1.807) is 12.2 Å². The van der Waals surface area contributed by atoms with Gasteiger partial charge in [-0.05, 0) is 25.7 Å². The molecule has 0 aromatic rings. The molecule has 0 saturated carbocycles. The fourth-order valence-electron chi connectivity index (χ4n) is 1.18. The van der Waals surface area contributed by atoms with E-state index in [4.69, 9.17) is 0 Å². The Bertz CT molecular complexity index is 292. The Hall–Kier alpha value is -1.56. The van der Waals surface area contributed by atoms with E-state index in [2.05, 4.69) is 39.5 Å². The molecule has 0 unspecified atom stereocenters. The summed E-state index contributed by atoms with van der Waals surface area (Å²) in [6, 6.07) is 0. The van der Waals surface area contributed by atoms with Crippen molar-refractivity contribution >= 4 is 0 Å². The van der Waals surface area contributed by atoms with Gasteiger partial charge in [-0.15, -0.1) is 0 Å². The van der Waals surface area contributed by atoms with Crippen LogP contribution in [0.1, 0.15) is 25.7 Å². The zero-order valence-electron chi connectivity index (χ0n) is 10.2. The van der Waals surface area contributed by atoms with Gasteiger partial charge in [0, 0.05) is 0 Å². The lowest BCUT2D eigenvalue weighted by Gasteiger charge is -2.09. The number of allylic oxidation sites excluding steroid dienone is 6. The first-order valence-electron chi connectivity index (χ1n) is 5.47. The first-order valence-corrected chi connectivity index (χ1v) is 5.47. The van der Waals surface area contributed by atoms with Gasteiger partial charge < -0.3 is 0 Å². The van der Waals surface area contributed by atoms with Crippen LogP contribution < -0.4 is 0 Å². The lowest BCUT2D eigenvalue weighted by atomic mass is 9.96. The maximum Gasteiger partial charge on any atom is -0.0242 e. The number of hydrogen-bond acceptors (Lipinski definition) is 0. The second-order valence-corrected chi connectivity index (χ2v) is 3.93. The minimum absolute atomic E-state index is 0.907. The summed E-state index contributed by atoms with van der Waals surface area (Å²) >= 11 is 0. The highest BCUT2D eigenvalue weighted by molar-refractivity contribution is 5.28. The minimum Gasteiger partial charge on any atom is -0.0988 e. The molecule has 0 aromatic heterocycles. The third-order valence-electron chi connectivity index (χ3n) is 2.57. The van der Waals surface area contributed by atoms with Gasteiger partial charge in [0.2, 0.25) is 0 Å². The average molecular weight is 214 g/mol. The smallest absolute Gasteiger partial charge is 0.0242 e. The van der Waals surface area contributed by atoms with Crippen LogP contribution in [0.5, 0.6) is 0 Å². The average Bonchev–Trinajstić information content (AvgIpc) is 2.31. The lowest BCUT2D eigenvalue weighted by molar-refractivity contribution is 0.899. The van der Waals surface area contributed by atoms with Crippen LogP contribution in [-0.2, 0) is 0 Å². The second-order valence-electron chi connectivity index (χ2n) is 3.93. The first-order chi connectivity index (χ1) is 7.51. The highest BCUT2D eigenvalue weighted by atomic mass is 14.1. The van der Waals surface area contributed by atoms with E-state index in [1.807, 2.05) is 0 Å². The Morgan fingerprint density at radius 3 is 1.19 bits per heavy atom. The van der Waals surface area contributed by atoms with E-state index in [1.165, 1.54) is 0 Å². The second kappa shape index (κ2) is 7.70. The molecule has 0 nitrogen and oxygen atoms in total. The zero-order chi connectivity index (χ0) is 12.6. The van der Waals surface area contributed by atoms with Crippen LogP contribution in [0.2, 0.25) is 0 Å². The maximum absolute atomic E-state index is 4.03. The van der Waals surface area contributed by atoms with Crippen LogP contribution in [0.25, 0.3) is 0 Å². The molecule has 86 valence electrons. The van der Waals surface area contributed by atoms with E-state index in [0.29, 0.717) is 0 Å². The van der Waals surface area contributed by atoms with Crippen LogP contribution in [0.15, 0.2) is 73.9 Å². The molecule has 0 aliphatic carbocycles. The predicted octanol–water partition coefficient (Wildman–Crippen LogP) is 5.14. The van der Waals surface area contributed by atoms with Gasteiger partial charge in [0.05, 0.1) is 0 Å². The van der Waals surface area contributed by atoms with Gasteiger partial charge >= 0.3 is 0 Å². The third kappa shape index (κ3) is 6.02. The molecule has 0 atom stereocenters. The predicted molar refractivity (Wildman–Crippen MR) is 75.4 cm³/mol. The zero-order valence-corrected chi connectivity index (χ0v) is 10.2. The molecule has 0 heterocycles. The third-order valence-corrected chi connectivity index (χ3v) is 2.57. The molecule has 0 aliphatic rings. The summed E-state index contributed by atoms with van der Waals surface area (Å²) in [6.07, 6.45) is 7.20. The molecule has 0 aromatic carbocycles. The van der Waals surface area contributed by atoms with Crippen LogP contribution in [0.4, 0.5) is 0 Å². The van der Waals surface area contributed by atoms with Gasteiger partial charge in [-0.3, -0.25) is 0 Å². The van der Waals surface area contributed by atoms with E-state index in [9.17, 15) is 0 Å². The van der Waals surface area contributed by atoms with Gasteiger partial charge in [-0.2, -0.15) is 0 Å². The van der Waals surface area contributed by atoms with Gasteiger partial charge in [-0.1, -0.05) is 73.9 Å². The van der Waals surface area contributed by atoms with Crippen molar-refractivity contribution in [3.8, 4) is 0 Å². The quantitative estimate of drug-likeness (QED) is 0.466. The van der Waals surface area contributed by atoms with Crippen LogP contribution in [0.3, 0.4) is 0 Å². The standard InChI is InChI=1S/C16H22/c1-7-13(3)9-11-15(5)16(6)12-10-14(4)8-2/h7-8H,1-6,9-12H2. The fraction of sp³-hybridized carbons (Fsp3) is 0.250. The molecule has 16 heavy (non-hydrogen) atoms. The molecule has 0 N–H and O–H groups in total. The number of hydrogen-bond donors (Lipinski definition) is 0. The molecule has 0 aliphatic heterocycles. The molecule has 0 fully saturated rings. The molecule has 0 spiro atoms. The molecule has 0 radical (unpaired) electrons. The van der Waals surface area contributed by atoms with E-state index in [0.717, 1.165) is 48.0 Å². The van der Waals surface area contributed by atoms with E-state index in [-0.39, 0.29) is 0 Å². The van der Waals surface area contributed by atoms with Crippen molar-refractivity contribution < 1.29 is 0 Å². The summed E-state index contributed by atoms with van der Waals surface area (Å²) in [5, 5.41) is 0. The summed E-state index contributed by atoms with van der Waals surface area (Å²) < 4.78 is 0. The van der Waals surface area contributed by atoms with E-state index < -0.39 is 0 Å². The van der Waals surface area contributed by atoms with Crippen molar-refractivity contribution in [2.75, 3.05) is 0 Å². The highest BCUT2D eigenvalue weighted by Crippen LogP contribution is 2.21. The van der Waals surface area contributed by atoms with Gasteiger partial charge in [0.15, 0.2) is 0 Å². The van der Waals surface area contributed by atoms with Crippen molar-refractivity contribution in [2.45, 2.75) is 25.7 Å². The monoisotopic (exact) mass is 214 g/mol. The SMILES string of the molecule is C=CC(=C)CCC(=C)C(=C)CCC(=C)C=C. The fourth-order valence-corrected chi connectivity index (χ4v) is 1.18. The van der Waals surface area contributed by atoms with Crippen molar-refractivity contribution in [3.05, 3.63) is 73.9 Å².